The molecule has 1 unspecified atom stereocenters. The second-order valence-electron chi connectivity index (χ2n) is 3.64. The van der Waals surface area contributed by atoms with Crippen LogP contribution in [0.2, 0.25) is 0 Å². The zero-order valence-corrected chi connectivity index (χ0v) is 10.0. The van der Waals surface area contributed by atoms with Gasteiger partial charge in [-0.3, -0.25) is 4.79 Å². The number of ether oxygens (including phenoxy) is 2. The van der Waals surface area contributed by atoms with Gasteiger partial charge in [-0.05, 0) is 24.5 Å². The van der Waals surface area contributed by atoms with Gasteiger partial charge >= 0.3 is 5.97 Å². The first kappa shape index (κ1) is 12.6. The number of hydrogen-bond acceptors (Lipinski definition) is 3. The number of benzene rings is 1. The van der Waals surface area contributed by atoms with Gasteiger partial charge in [0.2, 0.25) is 0 Å². The Bertz CT molecular complexity index is 347. The molecule has 0 fully saturated rings. The Morgan fingerprint density at radius 3 is 2.56 bits per heavy atom. The lowest BCUT2D eigenvalue weighted by Crippen LogP contribution is -2.18. The Morgan fingerprint density at radius 2 is 2.00 bits per heavy atom. The largest absolute Gasteiger partial charge is 0.496 e. The van der Waals surface area contributed by atoms with Crippen molar-refractivity contribution in [3.63, 3.8) is 0 Å². The fourth-order valence-electron chi connectivity index (χ4n) is 1.70. The summed E-state index contributed by atoms with van der Waals surface area (Å²) in [6.45, 7) is 1.98. The van der Waals surface area contributed by atoms with E-state index in [-0.39, 0.29) is 11.9 Å². The highest BCUT2D eigenvalue weighted by Gasteiger charge is 2.18. The predicted molar refractivity (Wildman–Crippen MR) is 62.5 cm³/mol. The number of carbonyl (C=O) groups is 1. The van der Waals surface area contributed by atoms with Crippen LogP contribution in [-0.4, -0.2) is 20.2 Å². The molecule has 0 aromatic heterocycles. The average Bonchev–Trinajstić information content (AvgIpc) is 2.35. The van der Waals surface area contributed by atoms with Crippen molar-refractivity contribution in [1.29, 1.82) is 0 Å². The fourth-order valence-corrected chi connectivity index (χ4v) is 1.70. The molecule has 0 radical (unpaired) electrons. The van der Waals surface area contributed by atoms with Crippen LogP contribution in [0.25, 0.3) is 0 Å². The number of esters is 1. The molecule has 1 atom stereocenters. The summed E-state index contributed by atoms with van der Waals surface area (Å²) < 4.78 is 10.0. The highest BCUT2D eigenvalue weighted by Crippen LogP contribution is 2.22. The first-order valence-electron chi connectivity index (χ1n) is 5.42. The van der Waals surface area contributed by atoms with Crippen molar-refractivity contribution < 1.29 is 14.3 Å². The summed E-state index contributed by atoms with van der Waals surface area (Å²) in [6.07, 6.45) is 1.43. The van der Waals surface area contributed by atoms with Crippen LogP contribution >= 0.6 is 0 Å². The predicted octanol–water partition coefficient (Wildman–Crippen LogP) is 2.44. The number of para-hydroxylation sites is 1. The Hall–Kier alpha value is -1.51. The minimum Gasteiger partial charge on any atom is -0.496 e. The maximum Gasteiger partial charge on any atom is 0.308 e. The normalized spacial score (nSPS) is 11.9. The van der Waals surface area contributed by atoms with E-state index in [1.54, 1.807) is 7.11 Å². The van der Waals surface area contributed by atoms with E-state index in [0.717, 1.165) is 17.7 Å². The molecule has 0 heterocycles. The topological polar surface area (TPSA) is 35.5 Å². The van der Waals surface area contributed by atoms with Crippen molar-refractivity contribution in [3.05, 3.63) is 29.8 Å². The standard InChI is InChI=1S/C13H18O3/c1-4-10(13(14)16-3)9-11-7-5-6-8-12(11)15-2/h5-8,10H,4,9H2,1-3H3. The molecule has 0 saturated heterocycles. The summed E-state index contributed by atoms with van der Waals surface area (Å²) in [6, 6.07) is 7.74. The molecular formula is C13H18O3. The van der Waals surface area contributed by atoms with Gasteiger partial charge in [0.15, 0.2) is 0 Å². The third kappa shape index (κ3) is 2.99. The summed E-state index contributed by atoms with van der Waals surface area (Å²) in [7, 11) is 3.06. The van der Waals surface area contributed by atoms with Gasteiger partial charge in [0, 0.05) is 0 Å². The summed E-state index contributed by atoms with van der Waals surface area (Å²) in [5, 5.41) is 0. The molecule has 88 valence electrons. The van der Waals surface area contributed by atoms with Crippen molar-refractivity contribution in [2.24, 2.45) is 5.92 Å². The number of rotatable bonds is 5. The second kappa shape index (κ2) is 6.16. The number of hydrogen-bond donors (Lipinski definition) is 0. The fraction of sp³-hybridized carbons (Fsp3) is 0.462. The van der Waals surface area contributed by atoms with Crippen molar-refractivity contribution in [2.45, 2.75) is 19.8 Å². The van der Waals surface area contributed by atoms with Crippen LogP contribution in [0, 0.1) is 5.92 Å². The van der Waals surface area contributed by atoms with Crippen LogP contribution in [0.5, 0.6) is 5.75 Å². The van der Waals surface area contributed by atoms with Crippen molar-refractivity contribution in [1.82, 2.24) is 0 Å². The molecule has 0 aliphatic carbocycles. The maximum absolute atomic E-state index is 11.5. The van der Waals surface area contributed by atoms with Gasteiger partial charge in [-0.25, -0.2) is 0 Å². The molecular weight excluding hydrogens is 204 g/mol. The third-order valence-corrected chi connectivity index (χ3v) is 2.69. The SMILES string of the molecule is CCC(Cc1ccccc1OC)C(=O)OC. The molecule has 3 nitrogen and oxygen atoms in total. The van der Waals surface area contributed by atoms with E-state index in [0.29, 0.717) is 6.42 Å². The molecule has 1 aromatic carbocycles. The lowest BCUT2D eigenvalue weighted by atomic mass is 9.96. The lowest BCUT2D eigenvalue weighted by Gasteiger charge is -2.14. The van der Waals surface area contributed by atoms with Gasteiger partial charge in [0.1, 0.15) is 5.75 Å². The zero-order valence-electron chi connectivity index (χ0n) is 10.0. The van der Waals surface area contributed by atoms with Crippen LogP contribution in [0.15, 0.2) is 24.3 Å². The molecule has 0 saturated carbocycles. The smallest absolute Gasteiger partial charge is 0.308 e. The summed E-state index contributed by atoms with van der Waals surface area (Å²) >= 11 is 0. The molecule has 3 heteroatoms. The van der Waals surface area contributed by atoms with Gasteiger partial charge in [-0.2, -0.15) is 0 Å². The minimum absolute atomic E-state index is 0.0960. The van der Waals surface area contributed by atoms with Crippen LogP contribution in [-0.2, 0) is 16.0 Å². The lowest BCUT2D eigenvalue weighted by molar-refractivity contribution is -0.145. The van der Waals surface area contributed by atoms with Crippen LogP contribution in [0.3, 0.4) is 0 Å². The van der Waals surface area contributed by atoms with Crippen molar-refractivity contribution >= 4 is 5.97 Å². The van der Waals surface area contributed by atoms with Crippen LogP contribution in [0.4, 0.5) is 0 Å². The molecule has 0 amide bonds. The maximum atomic E-state index is 11.5. The van der Waals surface area contributed by atoms with Gasteiger partial charge in [-0.15, -0.1) is 0 Å². The van der Waals surface area contributed by atoms with E-state index in [1.165, 1.54) is 7.11 Å². The monoisotopic (exact) mass is 222 g/mol. The second-order valence-corrected chi connectivity index (χ2v) is 3.64. The minimum atomic E-state index is -0.159. The molecule has 0 N–H and O–H groups in total. The van der Waals surface area contributed by atoms with E-state index >= 15 is 0 Å². The Kier molecular flexibility index (Phi) is 4.83. The summed E-state index contributed by atoms with van der Waals surface area (Å²) in [5.74, 6) is 0.569. The molecule has 0 aliphatic heterocycles. The molecule has 0 spiro atoms. The van der Waals surface area contributed by atoms with E-state index in [1.807, 2.05) is 31.2 Å². The van der Waals surface area contributed by atoms with E-state index in [4.69, 9.17) is 9.47 Å². The molecule has 1 rings (SSSR count). The molecule has 0 aliphatic rings. The van der Waals surface area contributed by atoms with Crippen LogP contribution in [0.1, 0.15) is 18.9 Å². The quantitative estimate of drug-likeness (QED) is 0.718. The van der Waals surface area contributed by atoms with Gasteiger partial charge in [0.05, 0.1) is 20.1 Å². The molecule has 0 bridgehead atoms. The molecule has 16 heavy (non-hydrogen) atoms. The van der Waals surface area contributed by atoms with Crippen molar-refractivity contribution in [2.75, 3.05) is 14.2 Å². The Morgan fingerprint density at radius 1 is 1.31 bits per heavy atom. The van der Waals surface area contributed by atoms with Crippen molar-refractivity contribution in [3.8, 4) is 5.75 Å². The highest BCUT2D eigenvalue weighted by atomic mass is 16.5. The Labute approximate surface area is 96.4 Å². The van der Waals surface area contributed by atoms with E-state index in [2.05, 4.69) is 0 Å². The van der Waals surface area contributed by atoms with E-state index < -0.39 is 0 Å². The zero-order chi connectivity index (χ0) is 12.0. The molecule has 1 aromatic rings. The summed E-state index contributed by atoms with van der Waals surface area (Å²) in [5.41, 5.74) is 1.04. The van der Waals surface area contributed by atoms with Gasteiger partial charge < -0.3 is 9.47 Å². The average molecular weight is 222 g/mol. The van der Waals surface area contributed by atoms with E-state index in [9.17, 15) is 4.79 Å². The summed E-state index contributed by atoms with van der Waals surface area (Å²) in [4.78, 5) is 11.5. The number of carbonyl (C=O) groups excluding carboxylic acids is 1. The first-order chi connectivity index (χ1) is 7.72. The highest BCUT2D eigenvalue weighted by molar-refractivity contribution is 5.72. The van der Waals surface area contributed by atoms with Crippen LogP contribution < -0.4 is 4.74 Å². The third-order valence-electron chi connectivity index (χ3n) is 2.69. The van der Waals surface area contributed by atoms with Gasteiger partial charge in [-0.1, -0.05) is 25.1 Å². The Balaban J connectivity index is 2.81. The number of methoxy groups -OCH3 is 2. The first-order valence-corrected chi connectivity index (χ1v) is 5.42. The van der Waals surface area contributed by atoms with Gasteiger partial charge in [0.25, 0.3) is 0 Å².